The maximum atomic E-state index is 15.3. The smallest absolute Gasteiger partial charge is 0.336 e. The van der Waals surface area contributed by atoms with Gasteiger partial charge in [0.05, 0.1) is 53.4 Å². The number of aliphatic imine (C=N–C) groups is 2. The zero-order chi connectivity index (χ0) is 79.3. The Morgan fingerprint density at radius 1 is 0.430 bits per heavy atom. The number of amides is 2. The number of thioether (sulfide) groups is 2. The van der Waals surface area contributed by atoms with Crippen molar-refractivity contribution in [3.63, 3.8) is 0 Å². The van der Waals surface area contributed by atoms with E-state index in [1.165, 1.54) is 41.3 Å². The Labute approximate surface area is 669 Å². The summed E-state index contributed by atoms with van der Waals surface area (Å²) in [6.07, 6.45) is 2.36. The lowest BCUT2D eigenvalue weighted by atomic mass is 9.84. The number of benzene rings is 6. The van der Waals surface area contributed by atoms with E-state index in [1.807, 2.05) is 12.1 Å². The van der Waals surface area contributed by atoms with Crippen molar-refractivity contribution >= 4 is 160 Å². The predicted molar refractivity (Wildman–Crippen MR) is 418 cm³/mol. The van der Waals surface area contributed by atoms with Crippen LogP contribution in [0, 0.1) is 45.3 Å². The fourth-order valence-corrected chi connectivity index (χ4v) is 20.0. The molecule has 10 aromatic rings. The third kappa shape index (κ3) is 12.7. The summed E-state index contributed by atoms with van der Waals surface area (Å²) in [6, 6.07) is 52.6. The van der Waals surface area contributed by atoms with E-state index in [0.29, 0.717) is 34.0 Å². The second kappa shape index (κ2) is 30.5. The molecule has 6 aliphatic rings. The molecule has 0 unspecified atom stereocenters. The quantitative estimate of drug-likeness (QED) is 0.0171. The molecule has 0 saturated carbocycles. The summed E-state index contributed by atoms with van der Waals surface area (Å²) >= 11 is 4.96. The van der Waals surface area contributed by atoms with Crippen molar-refractivity contribution in [2.24, 2.45) is 9.98 Å². The highest BCUT2D eigenvalue weighted by molar-refractivity contribution is 8.20. The number of nitriles is 4. The molecule has 32 heteroatoms. The van der Waals surface area contributed by atoms with Crippen LogP contribution in [0.2, 0.25) is 0 Å². The summed E-state index contributed by atoms with van der Waals surface area (Å²) < 4.78 is 24.0. The first-order chi connectivity index (χ1) is 55.4. The average molecular weight is 1620 g/mol. The van der Waals surface area contributed by atoms with Crippen LogP contribution in [0.25, 0.3) is 31.7 Å². The van der Waals surface area contributed by atoms with Gasteiger partial charge in [-0.25, -0.2) is 49.1 Å². The van der Waals surface area contributed by atoms with E-state index in [2.05, 4.69) is 9.98 Å². The van der Waals surface area contributed by atoms with Gasteiger partial charge in [0, 0.05) is 35.3 Å². The van der Waals surface area contributed by atoms with Crippen molar-refractivity contribution in [1.29, 1.82) is 21.0 Å². The fourth-order valence-electron chi connectivity index (χ4n) is 13.5. The van der Waals surface area contributed by atoms with Gasteiger partial charge in [-0.2, -0.15) is 21.0 Å². The first kappa shape index (κ1) is 74.4. The van der Waals surface area contributed by atoms with Gasteiger partial charge in [0.25, 0.3) is 22.6 Å². The van der Waals surface area contributed by atoms with Gasteiger partial charge in [0.15, 0.2) is 44.4 Å². The molecule has 4 aliphatic carbocycles. The number of aromatic nitrogens is 4. The Bertz CT molecular complexity index is 6130. The number of rotatable bonds is 20. The molecule has 0 N–H and O–H groups in total. The monoisotopic (exact) mass is 1610 g/mol. The molecule has 2 amide bonds. The summed E-state index contributed by atoms with van der Waals surface area (Å²) in [5.74, 6) is -8.73. The van der Waals surface area contributed by atoms with E-state index >= 15 is 28.8 Å². The molecule has 4 aromatic heterocycles. The summed E-state index contributed by atoms with van der Waals surface area (Å²) in [5, 5.41) is 39.4. The lowest BCUT2D eigenvalue weighted by molar-refractivity contribution is -0.166. The number of nitrogens with zero attached hydrogens (tertiary/aromatic N) is 12. The number of esters is 4. The van der Waals surface area contributed by atoms with Crippen molar-refractivity contribution in [3.05, 3.63) is 279 Å². The number of Topliss-reactive ketones (excluding diaryl/α,β-unsaturated/α-hetero) is 4. The van der Waals surface area contributed by atoms with Crippen LogP contribution in [0.15, 0.2) is 206 Å². The number of ether oxygens (including phenoxy) is 4. The maximum Gasteiger partial charge on any atom is 0.336 e. The van der Waals surface area contributed by atoms with Crippen LogP contribution in [0.4, 0.5) is 10.3 Å². The lowest BCUT2D eigenvalue weighted by Gasteiger charge is -2.24. The number of hydrogen-bond donors (Lipinski definition) is 0. The number of carbonyl (C=O) groups is 10. The van der Waals surface area contributed by atoms with E-state index in [-0.39, 0.29) is 173 Å². The number of hydrogen-bond acceptors (Lipinski definition) is 30. The predicted octanol–water partition coefficient (Wildman–Crippen LogP) is 12.9. The van der Waals surface area contributed by atoms with Gasteiger partial charge in [-0.15, -0.1) is 22.7 Å². The highest BCUT2D eigenvalue weighted by Crippen LogP contribution is 2.59. The normalized spacial score (nSPS) is 16.1. The molecular formula is C82H46N12O14S6. The molecule has 16 rings (SSSR count). The maximum absolute atomic E-state index is 15.3. The minimum absolute atomic E-state index is 0.0187. The van der Waals surface area contributed by atoms with Crippen LogP contribution in [0.1, 0.15) is 109 Å². The molecule has 2 saturated heterocycles. The molecule has 0 radical (unpaired) electrons. The first-order valence-corrected chi connectivity index (χ1v) is 39.3. The topological polar surface area (TPSA) is 386 Å². The van der Waals surface area contributed by atoms with Gasteiger partial charge in [0.2, 0.25) is 10.3 Å². The lowest BCUT2D eigenvalue weighted by Crippen LogP contribution is -2.46. The number of carbonyl (C=O) groups excluding carboxylic acids is 10. The molecular weight excluding hydrogens is 1570 g/mol. The summed E-state index contributed by atoms with van der Waals surface area (Å²) in [7, 11) is 0. The summed E-state index contributed by atoms with van der Waals surface area (Å²) in [6.45, 7) is 0.0602. The fraction of sp³-hybridized carbons (Fsp3) is 0.122. The van der Waals surface area contributed by atoms with Crippen molar-refractivity contribution in [1.82, 2.24) is 29.7 Å². The first-order valence-electron chi connectivity index (χ1n) is 34.4. The van der Waals surface area contributed by atoms with Crippen LogP contribution in [0.5, 0.6) is 0 Å². The van der Waals surface area contributed by atoms with Crippen LogP contribution >= 0.6 is 68.9 Å². The third-order valence-corrected chi connectivity index (χ3v) is 25.3. The van der Waals surface area contributed by atoms with Gasteiger partial charge >= 0.3 is 23.9 Å². The Hall–Kier alpha value is -13.7. The molecule has 26 nitrogen and oxygen atoms in total. The van der Waals surface area contributed by atoms with Crippen LogP contribution in [0.3, 0.4) is 0 Å². The third-order valence-electron chi connectivity index (χ3n) is 18.9. The number of allylic oxidation sites excluding steroid dienone is 4. The second-order valence-corrected chi connectivity index (χ2v) is 31.4. The van der Waals surface area contributed by atoms with Crippen LogP contribution in [-0.2, 0) is 91.4 Å². The highest BCUT2D eigenvalue weighted by atomic mass is 32.2. The van der Waals surface area contributed by atoms with E-state index in [9.17, 15) is 40.2 Å². The number of thiazole rings is 4. The highest BCUT2D eigenvalue weighted by Gasteiger charge is 2.65. The van der Waals surface area contributed by atoms with E-state index in [1.54, 1.807) is 159 Å². The molecule has 6 aromatic carbocycles. The van der Waals surface area contributed by atoms with Gasteiger partial charge in [0.1, 0.15) is 70.8 Å². The average Bonchev–Trinajstić information content (AvgIpc) is 1.53. The summed E-state index contributed by atoms with van der Waals surface area (Å²) in [4.78, 5) is 179. The second-order valence-electron chi connectivity index (χ2n) is 25.5. The Balaban J connectivity index is 0.732. The van der Waals surface area contributed by atoms with Crippen molar-refractivity contribution in [3.8, 4) is 43.8 Å². The standard InChI is InChI=1S/C82H46N12O14S6/c1-2-93-71(99)69(113-73(93)47(34-83)35-84)91-79-89-67-63(111-79)64-68(82(67,77(103)107-40-44-22-11-5-12-23-44)78(104)108-41-45-24-13-6-14-25-45)90-80(112-64)92-70-72(100)94(74(114-70)48(36-85)37-86)31-30-46-26-17-29-51-56(46)60(98)53(59(51)97)33-55-88-66-62(110-55)61-65(87-54(109-61)32-52-57(95)49-27-15-16-28-50(49)58(52)96)81(66,75(101)105-38-42-18-7-3-8-19-42)76(102)106-39-43-20-9-4-10-21-43/h3-29,32-33H,2,30-31,38-41H2,1H3/b53-33+,91-69?,92-70?. The molecule has 0 spiro atoms. The van der Waals surface area contributed by atoms with Crippen LogP contribution < -0.4 is 0 Å². The molecule has 0 bridgehead atoms. The molecule has 554 valence electrons. The van der Waals surface area contributed by atoms with Crippen molar-refractivity contribution < 1.29 is 66.9 Å². The number of fused-ring (bicyclic) bond motifs is 8. The van der Waals surface area contributed by atoms with E-state index in [0.717, 1.165) is 62.0 Å². The van der Waals surface area contributed by atoms with Gasteiger partial charge in [-0.3, -0.25) is 38.6 Å². The Kier molecular flexibility index (Phi) is 19.9. The molecule has 2 fully saturated rings. The zero-order valence-corrected chi connectivity index (χ0v) is 63.6. The van der Waals surface area contributed by atoms with E-state index < -0.39 is 75.2 Å². The molecule has 2 aliphatic heterocycles. The van der Waals surface area contributed by atoms with Gasteiger partial charge in [-0.05, 0) is 76.8 Å². The molecule has 114 heavy (non-hydrogen) atoms. The number of ketones is 4. The van der Waals surface area contributed by atoms with Crippen molar-refractivity contribution in [2.75, 3.05) is 13.1 Å². The van der Waals surface area contributed by atoms with Gasteiger partial charge in [-0.1, -0.05) is 186 Å². The molecule has 0 atom stereocenters. The van der Waals surface area contributed by atoms with E-state index in [4.69, 9.17) is 38.9 Å². The minimum atomic E-state index is -2.63. The summed E-state index contributed by atoms with van der Waals surface area (Å²) in [5.41, 5.74) is -4.63. The minimum Gasteiger partial charge on any atom is -0.459 e. The van der Waals surface area contributed by atoms with Gasteiger partial charge < -0.3 is 18.9 Å². The Morgan fingerprint density at radius 3 is 1.17 bits per heavy atom. The zero-order valence-electron chi connectivity index (χ0n) is 58.7. The largest absolute Gasteiger partial charge is 0.459 e. The SMILES string of the molecule is CCN1C(=O)C(=Nc2nc3c(s2)-c2sc(N=C4SC(=C(C#N)C#N)N(CCc5cccc6c5C(=O)/C(=C/c5nc7c(s5)-c5sc(C=C8C(=O)c9ccccc9C8=O)nc5C7(C(=O)OCc5ccccc5)C(=O)OCc5ccccc5)C6=O)C4=O)nc2C3(C(=O)OCc2ccccc2)C(=O)OCc2ccccc2)SC1=C(C#N)C#N. The molecule has 6 heterocycles. The van der Waals surface area contributed by atoms with Crippen molar-refractivity contribution in [2.45, 2.75) is 50.6 Å². The van der Waals surface area contributed by atoms with Crippen LogP contribution in [-0.4, -0.2) is 112 Å². The Morgan fingerprint density at radius 2 is 0.772 bits per heavy atom.